The van der Waals surface area contributed by atoms with Gasteiger partial charge in [-0.2, -0.15) is 0 Å². The Kier molecular flexibility index (Phi) is 6.06. The average Bonchev–Trinajstić information content (AvgIpc) is 3.25. The van der Waals surface area contributed by atoms with Crippen molar-refractivity contribution in [1.29, 1.82) is 0 Å². The molecule has 1 unspecified atom stereocenters. The van der Waals surface area contributed by atoms with Gasteiger partial charge in [-0.05, 0) is 43.0 Å². The van der Waals surface area contributed by atoms with Gasteiger partial charge in [-0.1, -0.05) is 46.3 Å². The molecule has 1 aliphatic carbocycles. The molecule has 0 amide bonds. The van der Waals surface area contributed by atoms with Crippen LogP contribution in [0.15, 0.2) is 63.2 Å². The van der Waals surface area contributed by atoms with Crippen molar-refractivity contribution in [2.75, 3.05) is 13.4 Å². The second-order valence-corrected chi connectivity index (χ2v) is 9.33. The summed E-state index contributed by atoms with van der Waals surface area (Å²) in [5.74, 6) is -0.250. The first-order chi connectivity index (χ1) is 16.0. The standard InChI is InChI=1S/C26H24BrNO5/c1-15-23(26(30)31-11-10-16-6-3-2-4-7-16)24(25-19(28-15)8-5-9-20(25)29)17-12-21-22(13-18(17)27)33-14-32-21/h2-4,6-7,12-13,23-24H,5,8-11,14H2,1H3/t23?,24-/m0/s1. The fourth-order valence-corrected chi connectivity index (χ4v) is 5.39. The molecule has 0 bridgehead atoms. The number of halogens is 1. The van der Waals surface area contributed by atoms with E-state index in [1.54, 1.807) is 0 Å². The lowest BCUT2D eigenvalue weighted by Crippen LogP contribution is -2.37. The third-order valence-electron chi connectivity index (χ3n) is 6.39. The zero-order chi connectivity index (χ0) is 22.9. The molecule has 0 N–H and O–H groups in total. The van der Waals surface area contributed by atoms with Gasteiger partial charge >= 0.3 is 5.97 Å². The largest absolute Gasteiger partial charge is 0.465 e. The Balaban J connectivity index is 1.49. The Labute approximate surface area is 200 Å². The molecule has 2 atom stereocenters. The number of aliphatic imine (C=N–C) groups is 1. The first-order valence-electron chi connectivity index (χ1n) is 11.1. The molecule has 0 spiro atoms. The van der Waals surface area contributed by atoms with Gasteiger partial charge in [0.25, 0.3) is 0 Å². The lowest BCUT2D eigenvalue weighted by atomic mass is 9.71. The zero-order valence-electron chi connectivity index (χ0n) is 18.3. The van der Waals surface area contributed by atoms with Crippen LogP contribution in [-0.2, 0) is 20.7 Å². The van der Waals surface area contributed by atoms with E-state index in [0.29, 0.717) is 35.6 Å². The number of esters is 1. The molecule has 0 saturated heterocycles. The van der Waals surface area contributed by atoms with Gasteiger partial charge in [-0.15, -0.1) is 0 Å². The number of fused-ring (bicyclic) bond motifs is 1. The number of Topliss-reactive ketones (excluding diaryl/α,β-unsaturated/α-hetero) is 1. The molecule has 0 fully saturated rings. The molecule has 2 heterocycles. The molecule has 170 valence electrons. The van der Waals surface area contributed by atoms with Gasteiger partial charge in [0, 0.05) is 40.2 Å². The number of ether oxygens (including phenoxy) is 3. The molecule has 7 heteroatoms. The smallest absolute Gasteiger partial charge is 0.315 e. The van der Waals surface area contributed by atoms with Crippen LogP contribution >= 0.6 is 15.9 Å². The number of hydrogen-bond acceptors (Lipinski definition) is 6. The van der Waals surface area contributed by atoms with Crippen LogP contribution in [0.5, 0.6) is 11.5 Å². The SMILES string of the molecule is CC1=NC2=C(C(=O)CCC2)[C@@H](c2cc3c(cc2Br)OCO3)C1C(=O)OCCc1ccccc1. The molecule has 33 heavy (non-hydrogen) atoms. The fourth-order valence-electron chi connectivity index (χ4n) is 4.82. The van der Waals surface area contributed by atoms with Crippen LogP contribution in [0, 0.1) is 5.92 Å². The third-order valence-corrected chi connectivity index (χ3v) is 7.08. The van der Waals surface area contributed by atoms with Crippen LogP contribution in [0.2, 0.25) is 0 Å². The van der Waals surface area contributed by atoms with Gasteiger partial charge in [-0.25, -0.2) is 0 Å². The minimum atomic E-state index is -0.682. The van der Waals surface area contributed by atoms with Crippen molar-refractivity contribution in [3.8, 4) is 11.5 Å². The summed E-state index contributed by atoms with van der Waals surface area (Å²) >= 11 is 3.64. The molecule has 0 saturated carbocycles. The van der Waals surface area contributed by atoms with E-state index in [9.17, 15) is 9.59 Å². The van der Waals surface area contributed by atoms with Crippen LogP contribution in [0.25, 0.3) is 0 Å². The van der Waals surface area contributed by atoms with Crippen LogP contribution in [0.3, 0.4) is 0 Å². The highest BCUT2D eigenvalue weighted by molar-refractivity contribution is 9.10. The second-order valence-electron chi connectivity index (χ2n) is 8.48. The van der Waals surface area contributed by atoms with Gasteiger partial charge in [0.1, 0.15) is 5.92 Å². The van der Waals surface area contributed by atoms with Gasteiger partial charge in [0.15, 0.2) is 17.3 Å². The number of ketones is 1. The van der Waals surface area contributed by atoms with Crippen molar-refractivity contribution in [2.24, 2.45) is 10.9 Å². The zero-order valence-corrected chi connectivity index (χ0v) is 19.9. The third kappa shape index (κ3) is 4.22. The maximum Gasteiger partial charge on any atom is 0.315 e. The van der Waals surface area contributed by atoms with Crippen molar-refractivity contribution in [1.82, 2.24) is 0 Å². The molecular formula is C26H24BrNO5. The Morgan fingerprint density at radius 2 is 1.91 bits per heavy atom. The lowest BCUT2D eigenvalue weighted by Gasteiger charge is -2.35. The number of nitrogens with zero attached hydrogens (tertiary/aromatic N) is 1. The number of benzene rings is 2. The highest BCUT2D eigenvalue weighted by Crippen LogP contribution is 2.48. The minimum absolute atomic E-state index is 0.0455. The van der Waals surface area contributed by atoms with Crippen LogP contribution < -0.4 is 9.47 Å². The van der Waals surface area contributed by atoms with Gasteiger partial charge in [0.05, 0.1) is 6.61 Å². The van der Waals surface area contributed by atoms with E-state index < -0.39 is 11.8 Å². The van der Waals surface area contributed by atoms with E-state index in [1.165, 1.54) is 0 Å². The maximum atomic E-state index is 13.4. The summed E-state index contributed by atoms with van der Waals surface area (Å²) in [5.41, 5.74) is 3.98. The summed E-state index contributed by atoms with van der Waals surface area (Å²) in [7, 11) is 0. The van der Waals surface area contributed by atoms with Crippen molar-refractivity contribution in [3.05, 3.63) is 69.3 Å². The monoisotopic (exact) mass is 509 g/mol. The van der Waals surface area contributed by atoms with E-state index in [-0.39, 0.29) is 25.2 Å². The van der Waals surface area contributed by atoms with Crippen molar-refractivity contribution in [2.45, 2.75) is 38.5 Å². The molecule has 2 aromatic rings. The summed E-state index contributed by atoms with van der Waals surface area (Å²) in [5, 5.41) is 0. The Hall–Kier alpha value is -2.93. The Morgan fingerprint density at radius 1 is 1.15 bits per heavy atom. The molecule has 0 radical (unpaired) electrons. The van der Waals surface area contributed by atoms with Gasteiger partial charge in [-0.3, -0.25) is 14.6 Å². The normalized spacial score (nSPS) is 21.5. The quantitative estimate of drug-likeness (QED) is 0.521. The van der Waals surface area contributed by atoms with E-state index in [0.717, 1.165) is 34.1 Å². The summed E-state index contributed by atoms with van der Waals surface area (Å²) in [4.78, 5) is 31.2. The first kappa shape index (κ1) is 21.9. The summed E-state index contributed by atoms with van der Waals surface area (Å²) in [6.07, 6.45) is 2.59. The Bertz CT molecular complexity index is 1170. The Morgan fingerprint density at radius 3 is 2.70 bits per heavy atom. The van der Waals surface area contributed by atoms with Crippen LogP contribution in [0.1, 0.15) is 43.2 Å². The van der Waals surface area contributed by atoms with Crippen LogP contribution in [-0.4, -0.2) is 30.9 Å². The van der Waals surface area contributed by atoms with E-state index in [2.05, 4.69) is 15.9 Å². The summed E-state index contributed by atoms with van der Waals surface area (Å²) in [6.45, 7) is 2.26. The fraction of sp³-hybridized carbons (Fsp3) is 0.346. The predicted molar refractivity (Wildman–Crippen MR) is 127 cm³/mol. The van der Waals surface area contributed by atoms with E-state index in [4.69, 9.17) is 19.2 Å². The minimum Gasteiger partial charge on any atom is -0.465 e. The van der Waals surface area contributed by atoms with E-state index >= 15 is 0 Å². The topological polar surface area (TPSA) is 74.2 Å². The average molecular weight is 510 g/mol. The lowest BCUT2D eigenvalue weighted by molar-refractivity contribution is -0.146. The highest BCUT2D eigenvalue weighted by atomic mass is 79.9. The summed E-state index contributed by atoms with van der Waals surface area (Å²) < 4.78 is 17.6. The maximum absolute atomic E-state index is 13.4. The number of rotatable bonds is 5. The number of carbonyl (C=O) groups excluding carboxylic acids is 2. The molecule has 6 nitrogen and oxygen atoms in total. The number of carbonyl (C=O) groups is 2. The first-order valence-corrected chi connectivity index (χ1v) is 11.9. The highest BCUT2D eigenvalue weighted by Gasteiger charge is 2.44. The second kappa shape index (κ2) is 9.14. The van der Waals surface area contributed by atoms with Gasteiger partial charge in [0.2, 0.25) is 6.79 Å². The predicted octanol–water partition coefficient (Wildman–Crippen LogP) is 5.15. The van der Waals surface area contributed by atoms with Crippen molar-refractivity contribution >= 4 is 33.4 Å². The molecular weight excluding hydrogens is 486 g/mol. The molecule has 0 aromatic heterocycles. The van der Waals surface area contributed by atoms with Gasteiger partial charge < -0.3 is 14.2 Å². The number of allylic oxidation sites excluding steroid dienone is 2. The molecule has 2 aliphatic heterocycles. The molecule has 2 aromatic carbocycles. The molecule has 5 rings (SSSR count). The number of hydrogen-bond donors (Lipinski definition) is 0. The van der Waals surface area contributed by atoms with Crippen LogP contribution in [0.4, 0.5) is 0 Å². The van der Waals surface area contributed by atoms with Crippen molar-refractivity contribution in [3.63, 3.8) is 0 Å². The molecule has 3 aliphatic rings. The summed E-state index contributed by atoms with van der Waals surface area (Å²) in [6, 6.07) is 13.6. The van der Waals surface area contributed by atoms with E-state index in [1.807, 2.05) is 49.4 Å². The van der Waals surface area contributed by atoms with Crippen molar-refractivity contribution < 1.29 is 23.8 Å².